The van der Waals surface area contributed by atoms with E-state index in [0.717, 1.165) is 38.0 Å². The van der Waals surface area contributed by atoms with Crippen LogP contribution >= 0.6 is 0 Å². The number of likely N-dealkylation sites (tertiary alicyclic amines) is 2. The van der Waals surface area contributed by atoms with Gasteiger partial charge in [0.2, 0.25) is 5.91 Å². The van der Waals surface area contributed by atoms with Gasteiger partial charge in [0.15, 0.2) is 0 Å². The Bertz CT molecular complexity index is 1050. The Hall–Kier alpha value is -2.87. The van der Waals surface area contributed by atoms with E-state index in [9.17, 15) is 9.59 Å². The number of carbonyl (C=O) groups is 2. The van der Waals surface area contributed by atoms with Crippen LogP contribution in [0.3, 0.4) is 0 Å². The van der Waals surface area contributed by atoms with Gasteiger partial charge < -0.3 is 14.7 Å². The third-order valence-corrected chi connectivity index (χ3v) is 7.52. The summed E-state index contributed by atoms with van der Waals surface area (Å²) >= 11 is 0. The molecule has 2 saturated heterocycles. The van der Waals surface area contributed by atoms with Crippen molar-refractivity contribution in [2.75, 3.05) is 47.3 Å². The first-order valence-electron chi connectivity index (χ1n) is 12.1. The zero-order chi connectivity index (χ0) is 24.5. The lowest BCUT2D eigenvalue weighted by Crippen LogP contribution is -2.56. The van der Waals surface area contributed by atoms with Gasteiger partial charge in [-0.15, -0.1) is 0 Å². The van der Waals surface area contributed by atoms with E-state index in [2.05, 4.69) is 28.8 Å². The van der Waals surface area contributed by atoms with E-state index in [4.69, 9.17) is 4.98 Å². The molecule has 8 heteroatoms. The molecule has 182 valence electrons. The van der Waals surface area contributed by atoms with Crippen molar-refractivity contribution in [3.63, 3.8) is 0 Å². The van der Waals surface area contributed by atoms with Crippen molar-refractivity contribution in [1.29, 1.82) is 0 Å². The van der Waals surface area contributed by atoms with Crippen molar-refractivity contribution in [3.05, 3.63) is 53.4 Å². The monoisotopic (exact) mass is 464 g/mol. The molecule has 2 aromatic rings. The summed E-state index contributed by atoms with van der Waals surface area (Å²) in [6.45, 7) is 6.98. The molecule has 2 aliphatic rings. The lowest BCUT2D eigenvalue weighted by Gasteiger charge is -2.42. The Morgan fingerprint density at radius 3 is 2.41 bits per heavy atom. The van der Waals surface area contributed by atoms with Gasteiger partial charge in [-0.25, -0.2) is 9.97 Å². The predicted molar refractivity (Wildman–Crippen MR) is 131 cm³/mol. The number of rotatable bonds is 4. The lowest BCUT2D eigenvalue weighted by molar-refractivity contribution is -0.137. The van der Waals surface area contributed by atoms with Crippen molar-refractivity contribution in [3.8, 4) is 0 Å². The number of amides is 2. The highest BCUT2D eigenvalue weighted by molar-refractivity contribution is 5.94. The van der Waals surface area contributed by atoms with Gasteiger partial charge in [0.05, 0.1) is 11.4 Å². The van der Waals surface area contributed by atoms with E-state index < -0.39 is 5.41 Å². The Labute approximate surface area is 202 Å². The van der Waals surface area contributed by atoms with Gasteiger partial charge in [-0.2, -0.15) is 0 Å². The molecule has 34 heavy (non-hydrogen) atoms. The number of carbonyl (C=O) groups excluding carboxylic acids is 2. The number of aryl methyl sites for hydroxylation is 1. The van der Waals surface area contributed by atoms with Gasteiger partial charge in [0.1, 0.15) is 16.9 Å². The van der Waals surface area contributed by atoms with E-state index in [1.54, 1.807) is 30.1 Å². The van der Waals surface area contributed by atoms with Crippen molar-refractivity contribution in [2.24, 2.45) is 0 Å². The highest BCUT2D eigenvalue weighted by Crippen LogP contribution is 2.36. The summed E-state index contributed by atoms with van der Waals surface area (Å²) in [5.41, 5.74) is 1.13. The molecule has 2 aliphatic heterocycles. The summed E-state index contributed by atoms with van der Waals surface area (Å²) in [4.78, 5) is 46.7. The molecule has 0 saturated carbocycles. The van der Waals surface area contributed by atoms with Gasteiger partial charge in [0, 0.05) is 38.8 Å². The molecule has 0 spiro atoms. The molecule has 4 heterocycles. The minimum absolute atomic E-state index is 0.0258. The summed E-state index contributed by atoms with van der Waals surface area (Å²) in [6.07, 6.45) is 5.09. The number of aromatic nitrogens is 3. The molecule has 0 aromatic carbocycles. The first-order chi connectivity index (χ1) is 16.1. The minimum atomic E-state index is -0.858. The first-order valence-corrected chi connectivity index (χ1v) is 12.1. The van der Waals surface area contributed by atoms with Crippen molar-refractivity contribution >= 4 is 11.8 Å². The van der Waals surface area contributed by atoms with E-state index in [1.807, 2.05) is 31.2 Å². The van der Waals surface area contributed by atoms with Crippen LogP contribution in [0.25, 0.3) is 0 Å². The van der Waals surface area contributed by atoms with Crippen LogP contribution in [0.1, 0.15) is 60.3 Å². The fourth-order valence-corrected chi connectivity index (χ4v) is 5.31. The van der Waals surface area contributed by atoms with Crippen LogP contribution in [0.5, 0.6) is 0 Å². The van der Waals surface area contributed by atoms with Crippen molar-refractivity contribution < 1.29 is 9.59 Å². The van der Waals surface area contributed by atoms with Crippen LogP contribution in [0, 0.1) is 6.92 Å². The summed E-state index contributed by atoms with van der Waals surface area (Å²) < 4.78 is 0. The minimum Gasteiger partial charge on any atom is -0.348 e. The molecule has 2 fully saturated rings. The highest BCUT2D eigenvalue weighted by atomic mass is 16.2. The van der Waals surface area contributed by atoms with Gasteiger partial charge in [-0.05, 0) is 70.9 Å². The van der Waals surface area contributed by atoms with E-state index in [-0.39, 0.29) is 17.2 Å². The van der Waals surface area contributed by atoms with Crippen LogP contribution in [-0.2, 0) is 15.6 Å². The molecule has 8 nitrogen and oxygen atoms in total. The van der Waals surface area contributed by atoms with E-state index >= 15 is 0 Å². The summed E-state index contributed by atoms with van der Waals surface area (Å²) in [7, 11) is 5.66. The Morgan fingerprint density at radius 2 is 1.76 bits per heavy atom. The van der Waals surface area contributed by atoms with Crippen molar-refractivity contribution in [1.82, 2.24) is 29.7 Å². The van der Waals surface area contributed by atoms with E-state index in [1.165, 1.54) is 0 Å². The molecule has 4 rings (SSSR count). The second kappa shape index (κ2) is 9.41. The Balaban J connectivity index is 1.65. The molecule has 1 unspecified atom stereocenters. The van der Waals surface area contributed by atoms with Gasteiger partial charge in [-0.3, -0.25) is 14.6 Å². The summed E-state index contributed by atoms with van der Waals surface area (Å²) in [5.74, 6) is 0.440. The number of hydrogen-bond donors (Lipinski definition) is 0. The SMILES string of the molecule is Cc1nc(C(=O)N2CCCC(C(=O)N(C)C)(c3ccccn3)C2)cc(C2(C)CCN(C)CC2)n1. The third-order valence-electron chi connectivity index (χ3n) is 7.52. The predicted octanol–water partition coefficient (Wildman–Crippen LogP) is 2.43. The smallest absolute Gasteiger partial charge is 0.272 e. The Morgan fingerprint density at radius 1 is 1.03 bits per heavy atom. The molecule has 0 N–H and O–H groups in total. The fourth-order valence-electron chi connectivity index (χ4n) is 5.31. The second-order valence-corrected chi connectivity index (χ2v) is 10.4. The van der Waals surface area contributed by atoms with E-state index in [0.29, 0.717) is 36.7 Å². The molecule has 0 radical (unpaired) electrons. The maximum absolute atomic E-state index is 13.7. The normalized spacial score (nSPS) is 22.9. The maximum Gasteiger partial charge on any atom is 0.272 e. The van der Waals surface area contributed by atoms with Gasteiger partial charge in [0.25, 0.3) is 5.91 Å². The van der Waals surface area contributed by atoms with Crippen molar-refractivity contribution in [2.45, 2.75) is 50.4 Å². The molecule has 2 aromatic heterocycles. The zero-order valence-electron chi connectivity index (χ0n) is 21.0. The zero-order valence-corrected chi connectivity index (χ0v) is 21.0. The topological polar surface area (TPSA) is 82.5 Å². The molecule has 2 amide bonds. The molecular formula is C26H36N6O2. The van der Waals surface area contributed by atoms with Gasteiger partial charge >= 0.3 is 0 Å². The quantitative estimate of drug-likeness (QED) is 0.691. The molecule has 0 aliphatic carbocycles. The van der Waals surface area contributed by atoms with Crippen LogP contribution in [-0.4, -0.2) is 88.8 Å². The number of pyridine rings is 1. The third kappa shape index (κ3) is 4.56. The average Bonchev–Trinajstić information content (AvgIpc) is 2.85. The van der Waals surface area contributed by atoms with Crippen LogP contribution in [0.15, 0.2) is 30.5 Å². The summed E-state index contributed by atoms with van der Waals surface area (Å²) in [5, 5.41) is 0. The van der Waals surface area contributed by atoms with Crippen LogP contribution < -0.4 is 0 Å². The molecule has 1 atom stereocenters. The highest BCUT2D eigenvalue weighted by Gasteiger charge is 2.47. The number of likely N-dealkylation sites (N-methyl/N-ethyl adjacent to an activating group) is 1. The molecular weight excluding hydrogens is 428 g/mol. The lowest BCUT2D eigenvalue weighted by atomic mass is 9.75. The average molecular weight is 465 g/mol. The largest absolute Gasteiger partial charge is 0.348 e. The summed E-state index contributed by atoms with van der Waals surface area (Å²) in [6, 6.07) is 7.52. The first kappa shape index (κ1) is 24.3. The number of hydrogen-bond acceptors (Lipinski definition) is 6. The fraction of sp³-hybridized carbons (Fsp3) is 0.577. The second-order valence-electron chi connectivity index (χ2n) is 10.4. The Kier molecular flexibility index (Phi) is 6.71. The number of piperidine rings is 2. The van der Waals surface area contributed by atoms with Crippen LogP contribution in [0.2, 0.25) is 0 Å². The molecule has 0 bridgehead atoms. The number of nitrogens with zero attached hydrogens (tertiary/aromatic N) is 6. The standard InChI is InChI=1S/C26H36N6O2/c1-19-28-20(17-22(29-19)25(2)11-15-31(5)16-12-25)23(33)32-14-8-10-26(18-32,24(34)30(3)4)21-9-6-7-13-27-21/h6-7,9,13,17H,8,10-12,14-16,18H2,1-5H3. The maximum atomic E-state index is 13.7. The van der Waals surface area contributed by atoms with Crippen LogP contribution in [0.4, 0.5) is 0 Å². The van der Waals surface area contributed by atoms with Gasteiger partial charge in [-0.1, -0.05) is 13.0 Å².